The molecule has 0 saturated carbocycles. The Bertz CT molecular complexity index is 677. The smallest absolute Gasteiger partial charge is 0.321 e. The first-order valence-corrected chi connectivity index (χ1v) is 10.7. The van der Waals surface area contributed by atoms with Crippen molar-refractivity contribution in [1.82, 2.24) is 10.2 Å². The van der Waals surface area contributed by atoms with Gasteiger partial charge in [0.1, 0.15) is 6.04 Å². The molecule has 0 radical (unpaired) electrons. The first-order valence-electron chi connectivity index (χ1n) is 10.7. The largest absolute Gasteiger partial charge is 0.493 e. The van der Waals surface area contributed by atoms with Crippen molar-refractivity contribution in [3.05, 3.63) is 23.8 Å². The zero-order chi connectivity index (χ0) is 22.5. The van der Waals surface area contributed by atoms with Crippen LogP contribution in [0.15, 0.2) is 18.2 Å². The van der Waals surface area contributed by atoms with Crippen LogP contribution in [0.5, 0.6) is 11.5 Å². The third-order valence-electron chi connectivity index (χ3n) is 4.94. The van der Waals surface area contributed by atoms with Gasteiger partial charge in [0.2, 0.25) is 0 Å². The quantitative estimate of drug-likeness (QED) is 0.554. The molecule has 0 aliphatic carbocycles. The fourth-order valence-corrected chi connectivity index (χ4v) is 3.24. The van der Waals surface area contributed by atoms with Crippen LogP contribution in [-0.2, 0) is 14.3 Å². The van der Waals surface area contributed by atoms with Crippen molar-refractivity contribution in [2.24, 2.45) is 0 Å². The molecule has 0 bridgehead atoms. The summed E-state index contributed by atoms with van der Waals surface area (Å²) < 4.78 is 21.1. The maximum atomic E-state index is 12.6. The summed E-state index contributed by atoms with van der Waals surface area (Å²) in [5.41, 5.74) is 0.417. The second-order valence-electron chi connectivity index (χ2n) is 7.21. The number of Topliss-reactive ketones (excluding diaryl/α,β-unsaturated/α-hetero) is 1. The van der Waals surface area contributed by atoms with E-state index in [0.717, 1.165) is 32.7 Å². The van der Waals surface area contributed by atoms with E-state index >= 15 is 0 Å². The molecular weight excluding hydrogens is 404 g/mol. The third kappa shape index (κ3) is 8.45. The van der Waals surface area contributed by atoms with E-state index < -0.39 is 12.0 Å². The summed E-state index contributed by atoms with van der Waals surface area (Å²) in [5, 5.41) is 12.6. The molecule has 9 nitrogen and oxygen atoms in total. The number of aliphatic carboxylic acids is 1. The number of carbonyl (C=O) groups is 2. The standard InChI is InChI=1S/C18H25NO6.C4H9NO/c1-3-8-25-16-5-4-13(11-17(16)23-2)15(20)12-14(18(21)22)19-6-9-24-10-7-19;1-3-6-4-2-5-1/h4-5,11,14H,3,6-10,12H2,1-2H3,(H,21,22);5H,1-4H2. The van der Waals surface area contributed by atoms with E-state index in [1.165, 1.54) is 7.11 Å². The molecular formula is C22H34N2O7. The molecule has 2 N–H and O–H groups in total. The minimum absolute atomic E-state index is 0.0896. The average Bonchev–Trinajstić information content (AvgIpc) is 2.82. The van der Waals surface area contributed by atoms with Gasteiger partial charge >= 0.3 is 5.97 Å². The molecule has 0 amide bonds. The Hall–Kier alpha value is -2.20. The number of rotatable bonds is 9. The molecule has 2 heterocycles. The Morgan fingerprint density at radius 3 is 2.32 bits per heavy atom. The fraction of sp³-hybridized carbons (Fsp3) is 0.636. The summed E-state index contributed by atoms with van der Waals surface area (Å²) >= 11 is 0. The zero-order valence-electron chi connectivity index (χ0n) is 18.4. The van der Waals surface area contributed by atoms with E-state index in [1.54, 1.807) is 23.1 Å². The summed E-state index contributed by atoms with van der Waals surface area (Å²) in [6.07, 6.45) is 0.775. The molecule has 2 fully saturated rings. The summed E-state index contributed by atoms with van der Waals surface area (Å²) in [7, 11) is 1.51. The lowest BCUT2D eigenvalue weighted by atomic mass is 10.0. The number of benzene rings is 1. The number of carboxylic acid groups (broad SMARTS) is 1. The van der Waals surface area contributed by atoms with Gasteiger partial charge in [0.25, 0.3) is 0 Å². The van der Waals surface area contributed by atoms with Crippen molar-refractivity contribution in [1.29, 1.82) is 0 Å². The Morgan fingerprint density at radius 2 is 1.81 bits per heavy atom. The highest BCUT2D eigenvalue weighted by atomic mass is 16.5. The summed E-state index contributed by atoms with van der Waals surface area (Å²) in [6, 6.07) is 4.09. The number of methoxy groups -OCH3 is 1. The van der Waals surface area contributed by atoms with Crippen LogP contribution >= 0.6 is 0 Å². The van der Waals surface area contributed by atoms with Crippen LogP contribution in [0.4, 0.5) is 0 Å². The monoisotopic (exact) mass is 438 g/mol. The van der Waals surface area contributed by atoms with E-state index in [1.807, 2.05) is 6.92 Å². The molecule has 1 unspecified atom stereocenters. The van der Waals surface area contributed by atoms with Crippen molar-refractivity contribution in [3.8, 4) is 11.5 Å². The second-order valence-corrected chi connectivity index (χ2v) is 7.21. The Balaban J connectivity index is 0.000000488. The average molecular weight is 439 g/mol. The first-order chi connectivity index (χ1) is 15.1. The Morgan fingerprint density at radius 1 is 1.13 bits per heavy atom. The first kappa shape index (κ1) is 25.1. The van der Waals surface area contributed by atoms with E-state index in [4.69, 9.17) is 18.9 Å². The summed E-state index contributed by atoms with van der Waals surface area (Å²) in [6.45, 7) is 8.38. The number of carboxylic acids is 1. The summed E-state index contributed by atoms with van der Waals surface area (Å²) in [5.74, 6) is -0.189. The molecule has 0 spiro atoms. The minimum atomic E-state index is -0.995. The maximum Gasteiger partial charge on any atom is 0.321 e. The van der Waals surface area contributed by atoms with Crippen LogP contribution < -0.4 is 14.8 Å². The van der Waals surface area contributed by atoms with Crippen LogP contribution in [0.3, 0.4) is 0 Å². The van der Waals surface area contributed by atoms with Crippen LogP contribution in [0.25, 0.3) is 0 Å². The Labute approximate surface area is 183 Å². The van der Waals surface area contributed by atoms with Crippen LogP contribution in [0.2, 0.25) is 0 Å². The number of nitrogens with one attached hydrogen (secondary N) is 1. The number of ether oxygens (including phenoxy) is 4. The number of nitrogens with zero attached hydrogens (tertiary/aromatic N) is 1. The van der Waals surface area contributed by atoms with Crippen LogP contribution in [0.1, 0.15) is 30.1 Å². The van der Waals surface area contributed by atoms with Crippen molar-refractivity contribution >= 4 is 11.8 Å². The van der Waals surface area contributed by atoms with Gasteiger partial charge in [-0.25, -0.2) is 0 Å². The maximum absolute atomic E-state index is 12.6. The van der Waals surface area contributed by atoms with Crippen molar-refractivity contribution in [2.45, 2.75) is 25.8 Å². The number of carbonyl (C=O) groups excluding carboxylic acids is 1. The van der Waals surface area contributed by atoms with Crippen LogP contribution in [0, 0.1) is 0 Å². The molecule has 2 aliphatic heterocycles. The molecule has 2 saturated heterocycles. The molecule has 2 aliphatic rings. The van der Waals surface area contributed by atoms with E-state index in [0.29, 0.717) is 50.0 Å². The normalized spacial score (nSPS) is 17.7. The number of ketones is 1. The lowest BCUT2D eigenvalue weighted by Gasteiger charge is -2.31. The highest BCUT2D eigenvalue weighted by Gasteiger charge is 2.30. The topological polar surface area (TPSA) is 107 Å². The van der Waals surface area contributed by atoms with Gasteiger partial charge in [-0.2, -0.15) is 0 Å². The highest BCUT2D eigenvalue weighted by molar-refractivity contribution is 5.99. The Kier molecular flexibility index (Phi) is 11.3. The van der Waals surface area contributed by atoms with E-state index in [9.17, 15) is 14.7 Å². The van der Waals surface area contributed by atoms with Gasteiger partial charge in [0.05, 0.1) is 40.1 Å². The molecule has 9 heteroatoms. The van der Waals surface area contributed by atoms with Crippen molar-refractivity contribution in [3.63, 3.8) is 0 Å². The second kappa shape index (κ2) is 14.0. The number of morpholine rings is 2. The predicted molar refractivity (Wildman–Crippen MR) is 115 cm³/mol. The van der Waals surface area contributed by atoms with Crippen molar-refractivity contribution in [2.75, 3.05) is 66.3 Å². The number of hydrogen-bond acceptors (Lipinski definition) is 8. The van der Waals surface area contributed by atoms with Crippen molar-refractivity contribution < 1.29 is 33.6 Å². The molecule has 1 aromatic rings. The fourth-order valence-electron chi connectivity index (χ4n) is 3.24. The molecule has 1 aromatic carbocycles. The molecule has 1 atom stereocenters. The van der Waals surface area contributed by atoms with E-state index in [2.05, 4.69) is 5.32 Å². The van der Waals surface area contributed by atoms with Gasteiger partial charge in [0.15, 0.2) is 17.3 Å². The highest BCUT2D eigenvalue weighted by Crippen LogP contribution is 2.29. The van der Waals surface area contributed by atoms with Gasteiger partial charge in [-0.05, 0) is 24.6 Å². The third-order valence-corrected chi connectivity index (χ3v) is 4.94. The van der Waals surface area contributed by atoms with Gasteiger partial charge in [0, 0.05) is 38.2 Å². The summed E-state index contributed by atoms with van der Waals surface area (Å²) in [4.78, 5) is 25.9. The lowest BCUT2D eigenvalue weighted by molar-refractivity contribution is -0.144. The van der Waals surface area contributed by atoms with Gasteiger partial charge < -0.3 is 29.4 Å². The zero-order valence-corrected chi connectivity index (χ0v) is 18.4. The molecule has 3 rings (SSSR count). The predicted octanol–water partition coefficient (Wildman–Crippen LogP) is 1.45. The minimum Gasteiger partial charge on any atom is -0.493 e. The molecule has 174 valence electrons. The van der Waals surface area contributed by atoms with E-state index in [-0.39, 0.29) is 12.2 Å². The lowest BCUT2D eigenvalue weighted by Crippen LogP contribution is -2.48. The van der Waals surface area contributed by atoms with Gasteiger partial charge in [-0.3, -0.25) is 14.5 Å². The van der Waals surface area contributed by atoms with Crippen LogP contribution in [-0.4, -0.2) is 94.1 Å². The SMILES string of the molecule is C1COCCN1.CCCOc1ccc(C(=O)CC(C(=O)O)N2CCOCC2)cc1OC. The number of hydrogen-bond donors (Lipinski definition) is 2. The van der Waals surface area contributed by atoms with Gasteiger partial charge in [-0.1, -0.05) is 6.92 Å². The molecule has 31 heavy (non-hydrogen) atoms. The van der Waals surface area contributed by atoms with Gasteiger partial charge in [-0.15, -0.1) is 0 Å². The molecule has 0 aromatic heterocycles.